The van der Waals surface area contributed by atoms with Crippen molar-refractivity contribution < 1.29 is 14.0 Å². The van der Waals surface area contributed by atoms with Gasteiger partial charge in [-0.05, 0) is 76.2 Å². The molecule has 0 aliphatic rings. The minimum Gasteiger partial charge on any atom is -0.422 e. The van der Waals surface area contributed by atoms with Crippen LogP contribution in [0.25, 0.3) is 22.4 Å². The van der Waals surface area contributed by atoms with Gasteiger partial charge in [-0.2, -0.15) is 4.80 Å². The van der Waals surface area contributed by atoms with Crippen LogP contribution in [0.3, 0.4) is 0 Å². The van der Waals surface area contributed by atoms with Crippen molar-refractivity contribution in [2.24, 2.45) is 0 Å². The van der Waals surface area contributed by atoms with Crippen molar-refractivity contribution in [2.45, 2.75) is 46.7 Å². The Morgan fingerprint density at radius 1 is 1.05 bits per heavy atom. The summed E-state index contributed by atoms with van der Waals surface area (Å²) in [6, 6.07) is 13.9. The van der Waals surface area contributed by atoms with Crippen molar-refractivity contribution in [2.75, 3.05) is 23.3 Å². The van der Waals surface area contributed by atoms with Crippen LogP contribution in [0, 0.1) is 0 Å². The Balaban J connectivity index is 1.59. The number of nitrogens with one attached hydrogen (secondary N) is 2. The van der Waals surface area contributed by atoms with Gasteiger partial charge in [0.05, 0.1) is 5.69 Å². The number of carbonyl (C=O) groups is 2. The summed E-state index contributed by atoms with van der Waals surface area (Å²) in [5, 5.41) is 18.5. The first kappa shape index (κ1) is 26.5. The summed E-state index contributed by atoms with van der Waals surface area (Å²) in [5.74, 6) is -0.660. The highest BCUT2D eigenvalue weighted by molar-refractivity contribution is 6.07. The number of aromatic nitrogens is 4. The van der Waals surface area contributed by atoms with E-state index in [1.807, 2.05) is 32.9 Å². The van der Waals surface area contributed by atoms with Crippen LogP contribution < -0.4 is 21.2 Å². The molecule has 0 aliphatic carbocycles. The number of rotatable bonds is 8. The van der Waals surface area contributed by atoms with E-state index in [1.54, 1.807) is 30.3 Å². The van der Waals surface area contributed by atoms with Gasteiger partial charge in [0.2, 0.25) is 11.7 Å². The standard InChI is InChI=1S/C27H31N7O4/c1-6-33(7-2)18-12-13-22-17(14-18)15-20(26(37)38-22)25(36)28-21-11-9-8-10-19(21)24-30-32-34(31-24)16-23(35)29-27(3,4)5/h8-15H,6-7,16H2,1-5H3,(H,28,36)(H,29,35). The molecule has 0 spiro atoms. The van der Waals surface area contributed by atoms with E-state index in [4.69, 9.17) is 4.42 Å². The van der Waals surface area contributed by atoms with Gasteiger partial charge in [0.15, 0.2) is 0 Å². The molecule has 0 fully saturated rings. The predicted molar refractivity (Wildman–Crippen MR) is 145 cm³/mol. The molecular formula is C27H31N7O4. The lowest BCUT2D eigenvalue weighted by Gasteiger charge is -2.21. The van der Waals surface area contributed by atoms with Crippen LogP contribution in [-0.2, 0) is 11.3 Å². The fourth-order valence-electron chi connectivity index (χ4n) is 4.04. The van der Waals surface area contributed by atoms with Crippen molar-refractivity contribution in [1.82, 2.24) is 25.5 Å². The summed E-state index contributed by atoms with van der Waals surface area (Å²) in [6.07, 6.45) is 0. The van der Waals surface area contributed by atoms with Gasteiger partial charge < -0.3 is 20.0 Å². The maximum absolute atomic E-state index is 13.2. The van der Waals surface area contributed by atoms with Crippen LogP contribution in [-0.4, -0.2) is 50.7 Å². The summed E-state index contributed by atoms with van der Waals surface area (Å²) in [7, 11) is 0. The van der Waals surface area contributed by atoms with E-state index in [-0.39, 0.29) is 29.4 Å². The maximum atomic E-state index is 13.2. The number of fused-ring (bicyclic) bond motifs is 1. The highest BCUT2D eigenvalue weighted by Crippen LogP contribution is 2.26. The van der Waals surface area contributed by atoms with E-state index in [0.29, 0.717) is 22.2 Å². The van der Waals surface area contributed by atoms with Crippen molar-refractivity contribution in [3.8, 4) is 11.4 Å². The molecule has 0 radical (unpaired) electrons. The first-order valence-corrected chi connectivity index (χ1v) is 12.4. The van der Waals surface area contributed by atoms with Crippen molar-refractivity contribution in [3.63, 3.8) is 0 Å². The Morgan fingerprint density at radius 3 is 2.50 bits per heavy atom. The molecule has 11 heteroatoms. The maximum Gasteiger partial charge on any atom is 0.349 e. The molecule has 0 saturated carbocycles. The molecular weight excluding hydrogens is 486 g/mol. The normalized spacial score (nSPS) is 11.4. The zero-order valence-electron chi connectivity index (χ0n) is 22.1. The number of hydrogen-bond donors (Lipinski definition) is 2. The molecule has 0 atom stereocenters. The van der Waals surface area contributed by atoms with Crippen LogP contribution >= 0.6 is 0 Å². The van der Waals surface area contributed by atoms with Crippen LogP contribution in [0.4, 0.5) is 11.4 Å². The Hall–Kier alpha value is -4.54. The predicted octanol–water partition coefficient (Wildman–Crippen LogP) is 3.46. The molecule has 0 bridgehead atoms. The Morgan fingerprint density at radius 2 is 1.79 bits per heavy atom. The number of nitrogens with zero attached hydrogens (tertiary/aromatic N) is 5. The Bertz CT molecular complexity index is 1530. The first-order chi connectivity index (χ1) is 18.1. The molecule has 2 N–H and O–H groups in total. The van der Waals surface area contributed by atoms with E-state index in [2.05, 4.69) is 44.8 Å². The minimum atomic E-state index is -0.739. The quantitative estimate of drug-likeness (QED) is 0.339. The molecule has 11 nitrogen and oxygen atoms in total. The van der Waals surface area contributed by atoms with E-state index in [9.17, 15) is 14.4 Å². The van der Waals surface area contributed by atoms with E-state index in [1.165, 1.54) is 10.9 Å². The second-order valence-corrected chi connectivity index (χ2v) is 9.78. The van der Waals surface area contributed by atoms with Crippen molar-refractivity contribution in [1.29, 1.82) is 0 Å². The summed E-state index contributed by atoms with van der Waals surface area (Å²) in [4.78, 5) is 41.4. The van der Waals surface area contributed by atoms with Crippen LogP contribution in [0.1, 0.15) is 45.0 Å². The minimum absolute atomic E-state index is 0.105. The Kier molecular flexibility index (Phi) is 7.56. The zero-order valence-corrected chi connectivity index (χ0v) is 22.1. The number of anilines is 2. The third-order valence-electron chi connectivity index (χ3n) is 5.76. The van der Waals surface area contributed by atoms with Crippen LogP contribution in [0.5, 0.6) is 0 Å². The van der Waals surface area contributed by atoms with Gasteiger partial charge in [0.1, 0.15) is 17.7 Å². The average Bonchev–Trinajstić information content (AvgIpc) is 3.31. The SMILES string of the molecule is CCN(CC)c1ccc2oc(=O)c(C(=O)Nc3ccccc3-c3nnn(CC(=O)NC(C)(C)C)n3)cc2c1. The molecule has 2 amide bonds. The van der Waals surface area contributed by atoms with Gasteiger partial charge in [-0.1, -0.05) is 12.1 Å². The molecule has 2 aromatic carbocycles. The third kappa shape index (κ3) is 6.05. The number of benzene rings is 2. The van der Waals surface area contributed by atoms with E-state index >= 15 is 0 Å². The number of para-hydroxylation sites is 1. The fourth-order valence-corrected chi connectivity index (χ4v) is 4.04. The molecule has 38 heavy (non-hydrogen) atoms. The highest BCUT2D eigenvalue weighted by atomic mass is 16.4. The molecule has 4 aromatic rings. The summed E-state index contributed by atoms with van der Waals surface area (Å²) < 4.78 is 5.43. The second-order valence-electron chi connectivity index (χ2n) is 9.78. The second kappa shape index (κ2) is 10.8. The summed E-state index contributed by atoms with van der Waals surface area (Å²) in [5.41, 5.74) is 0.985. The largest absolute Gasteiger partial charge is 0.422 e. The molecule has 2 heterocycles. The number of amides is 2. The van der Waals surface area contributed by atoms with Gasteiger partial charge >= 0.3 is 5.63 Å². The lowest BCUT2D eigenvalue weighted by atomic mass is 10.1. The van der Waals surface area contributed by atoms with Crippen molar-refractivity contribution in [3.05, 3.63) is 64.5 Å². The number of tetrazole rings is 1. The van der Waals surface area contributed by atoms with E-state index in [0.717, 1.165) is 18.8 Å². The third-order valence-corrected chi connectivity index (χ3v) is 5.76. The number of hydrogen-bond acceptors (Lipinski definition) is 8. The monoisotopic (exact) mass is 517 g/mol. The number of carbonyl (C=O) groups excluding carboxylic acids is 2. The van der Waals surface area contributed by atoms with Gasteiger partial charge in [0.25, 0.3) is 5.91 Å². The summed E-state index contributed by atoms with van der Waals surface area (Å²) in [6.45, 7) is 11.3. The van der Waals surface area contributed by atoms with Crippen LogP contribution in [0.15, 0.2) is 57.7 Å². The first-order valence-electron chi connectivity index (χ1n) is 12.4. The van der Waals surface area contributed by atoms with Gasteiger partial charge in [-0.25, -0.2) is 4.79 Å². The molecule has 0 unspecified atom stereocenters. The lowest BCUT2D eigenvalue weighted by Crippen LogP contribution is -2.42. The fraction of sp³-hybridized carbons (Fsp3) is 0.333. The topological polar surface area (TPSA) is 135 Å². The zero-order chi connectivity index (χ0) is 27.4. The molecule has 198 valence electrons. The Labute approximate surface area is 219 Å². The van der Waals surface area contributed by atoms with Gasteiger partial charge in [-0.3, -0.25) is 9.59 Å². The van der Waals surface area contributed by atoms with E-state index < -0.39 is 11.5 Å². The van der Waals surface area contributed by atoms with Crippen LogP contribution in [0.2, 0.25) is 0 Å². The van der Waals surface area contributed by atoms with Gasteiger partial charge in [-0.15, -0.1) is 10.2 Å². The highest BCUT2D eigenvalue weighted by Gasteiger charge is 2.19. The van der Waals surface area contributed by atoms with Gasteiger partial charge in [0, 0.05) is 35.3 Å². The average molecular weight is 518 g/mol. The molecule has 0 saturated heterocycles. The van der Waals surface area contributed by atoms with Crippen molar-refractivity contribution >= 4 is 34.2 Å². The summed E-state index contributed by atoms with van der Waals surface area (Å²) >= 11 is 0. The molecule has 0 aliphatic heterocycles. The lowest BCUT2D eigenvalue weighted by molar-refractivity contribution is -0.123. The smallest absolute Gasteiger partial charge is 0.349 e. The molecule has 4 rings (SSSR count). The molecule has 2 aromatic heterocycles.